The minimum Gasteiger partial charge on any atom is -0.454 e. The maximum absolute atomic E-state index is 12.2. The van der Waals surface area contributed by atoms with E-state index in [1.165, 1.54) is 0 Å². The minimum atomic E-state index is -0.105. The van der Waals surface area contributed by atoms with Crippen molar-refractivity contribution >= 4 is 27.5 Å². The molecule has 24 heavy (non-hydrogen) atoms. The van der Waals surface area contributed by atoms with E-state index < -0.39 is 0 Å². The Balaban J connectivity index is 1.66. The molecular formula is C17H12BrNO5. The quantitative estimate of drug-likeness (QED) is 0.809. The van der Waals surface area contributed by atoms with Crippen LogP contribution in [-0.2, 0) is 4.79 Å². The van der Waals surface area contributed by atoms with Crippen molar-refractivity contribution < 1.29 is 23.7 Å². The first-order valence-electron chi connectivity index (χ1n) is 7.51. The lowest BCUT2D eigenvalue weighted by Gasteiger charge is -2.27. The number of hydrogen-bond acceptors (Lipinski definition) is 5. The molecule has 2 aromatic rings. The molecule has 1 atom stereocenters. The standard InChI is InChI=1S/C17H12BrNO5/c18-11-4-15-13(21-6-23-15)1-9(11)8-3-17(20)19-12-5-16-14(2-10(8)12)22-7-24-16/h1-2,4-5,8H,3,6-7H2,(H,19,20)/t8-/m0/s1. The van der Waals surface area contributed by atoms with Crippen LogP contribution in [0.15, 0.2) is 28.7 Å². The first-order chi connectivity index (χ1) is 11.7. The Morgan fingerprint density at radius 3 is 2.17 bits per heavy atom. The predicted molar refractivity (Wildman–Crippen MR) is 87.9 cm³/mol. The third kappa shape index (κ3) is 2.04. The molecule has 0 unspecified atom stereocenters. The molecule has 7 heteroatoms. The molecule has 1 N–H and O–H groups in total. The van der Waals surface area contributed by atoms with Gasteiger partial charge in [-0.3, -0.25) is 4.79 Å². The van der Waals surface area contributed by atoms with Crippen molar-refractivity contribution in [3.8, 4) is 23.0 Å². The number of nitrogens with one attached hydrogen (secondary N) is 1. The fourth-order valence-electron chi connectivity index (χ4n) is 3.33. The molecule has 0 fully saturated rings. The molecule has 5 rings (SSSR count). The van der Waals surface area contributed by atoms with Gasteiger partial charge in [-0.1, -0.05) is 15.9 Å². The zero-order valence-corrected chi connectivity index (χ0v) is 14.0. The Morgan fingerprint density at radius 2 is 1.46 bits per heavy atom. The molecule has 1 amide bonds. The second kappa shape index (κ2) is 5.04. The monoisotopic (exact) mass is 389 g/mol. The number of benzene rings is 2. The van der Waals surface area contributed by atoms with E-state index in [1.54, 1.807) is 0 Å². The first-order valence-corrected chi connectivity index (χ1v) is 8.31. The van der Waals surface area contributed by atoms with Crippen LogP contribution in [0.3, 0.4) is 0 Å². The summed E-state index contributed by atoms with van der Waals surface area (Å²) in [6, 6.07) is 7.59. The molecule has 0 aliphatic carbocycles. The normalized spacial score (nSPS) is 19.9. The van der Waals surface area contributed by atoms with Gasteiger partial charge in [-0.05, 0) is 29.3 Å². The maximum atomic E-state index is 12.2. The zero-order valence-electron chi connectivity index (χ0n) is 12.4. The van der Waals surface area contributed by atoms with Crippen molar-refractivity contribution in [1.29, 1.82) is 0 Å². The van der Waals surface area contributed by atoms with Crippen molar-refractivity contribution in [1.82, 2.24) is 0 Å². The largest absolute Gasteiger partial charge is 0.454 e. The van der Waals surface area contributed by atoms with Crippen LogP contribution in [0.25, 0.3) is 0 Å². The molecule has 0 saturated carbocycles. The van der Waals surface area contributed by atoms with Crippen molar-refractivity contribution in [2.45, 2.75) is 12.3 Å². The van der Waals surface area contributed by atoms with Gasteiger partial charge in [0.2, 0.25) is 19.5 Å². The van der Waals surface area contributed by atoms with Gasteiger partial charge in [0.1, 0.15) is 0 Å². The van der Waals surface area contributed by atoms with E-state index in [1.807, 2.05) is 24.3 Å². The fourth-order valence-corrected chi connectivity index (χ4v) is 3.93. The Bertz CT molecular complexity index is 882. The van der Waals surface area contributed by atoms with Gasteiger partial charge in [0.25, 0.3) is 0 Å². The van der Waals surface area contributed by atoms with Crippen LogP contribution < -0.4 is 24.3 Å². The molecule has 0 spiro atoms. The predicted octanol–water partition coefficient (Wildman–Crippen LogP) is 3.38. The van der Waals surface area contributed by atoms with Crippen LogP contribution in [0.2, 0.25) is 0 Å². The number of hydrogen-bond donors (Lipinski definition) is 1. The third-order valence-corrected chi connectivity index (χ3v) is 5.14. The number of ether oxygens (including phenoxy) is 4. The highest BCUT2D eigenvalue weighted by molar-refractivity contribution is 9.10. The van der Waals surface area contributed by atoms with Gasteiger partial charge in [-0.25, -0.2) is 0 Å². The van der Waals surface area contributed by atoms with Crippen LogP contribution in [0.5, 0.6) is 23.0 Å². The van der Waals surface area contributed by atoms with Gasteiger partial charge in [0.05, 0.1) is 0 Å². The summed E-state index contributed by atoms with van der Waals surface area (Å²) in [6.45, 7) is 0.413. The molecule has 2 aromatic carbocycles. The van der Waals surface area contributed by atoms with Gasteiger partial charge in [0.15, 0.2) is 23.0 Å². The number of rotatable bonds is 1. The lowest BCUT2D eigenvalue weighted by Crippen LogP contribution is -2.23. The van der Waals surface area contributed by atoms with Crippen molar-refractivity contribution in [3.63, 3.8) is 0 Å². The molecule has 0 aromatic heterocycles. The second-order valence-electron chi connectivity index (χ2n) is 5.82. The molecule has 6 nitrogen and oxygen atoms in total. The zero-order chi connectivity index (χ0) is 16.3. The number of carbonyl (C=O) groups excluding carboxylic acids is 1. The molecule has 0 radical (unpaired) electrons. The summed E-state index contributed by atoms with van der Waals surface area (Å²) in [7, 11) is 0. The molecule has 0 saturated heterocycles. The summed E-state index contributed by atoms with van der Waals surface area (Å²) in [5, 5.41) is 2.92. The average Bonchev–Trinajstić information content (AvgIpc) is 3.19. The Kier molecular flexibility index (Phi) is 2.94. The van der Waals surface area contributed by atoms with E-state index in [2.05, 4.69) is 21.2 Å². The van der Waals surface area contributed by atoms with Gasteiger partial charge >= 0.3 is 0 Å². The Hall–Kier alpha value is -2.41. The van der Waals surface area contributed by atoms with Crippen LogP contribution >= 0.6 is 15.9 Å². The van der Waals surface area contributed by atoms with E-state index in [9.17, 15) is 4.79 Å². The molecule has 122 valence electrons. The van der Waals surface area contributed by atoms with Crippen LogP contribution in [0.1, 0.15) is 23.5 Å². The number of anilines is 1. The Labute approximate surface area is 145 Å². The first kappa shape index (κ1) is 14.0. The van der Waals surface area contributed by atoms with Gasteiger partial charge < -0.3 is 24.3 Å². The molecule has 3 heterocycles. The van der Waals surface area contributed by atoms with Crippen LogP contribution in [0, 0.1) is 0 Å². The van der Waals surface area contributed by atoms with E-state index in [0.29, 0.717) is 29.4 Å². The number of halogens is 1. The van der Waals surface area contributed by atoms with Gasteiger partial charge in [-0.2, -0.15) is 0 Å². The molecule has 3 aliphatic heterocycles. The minimum absolute atomic E-state index is 0.0315. The third-order valence-electron chi connectivity index (χ3n) is 4.45. The van der Waals surface area contributed by atoms with Crippen molar-refractivity contribution in [3.05, 3.63) is 39.9 Å². The highest BCUT2D eigenvalue weighted by Crippen LogP contribution is 2.48. The summed E-state index contributed by atoms with van der Waals surface area (Å²) in [4.78, 5) is 12.2. The van der Waals surface area contributed by atoms with Gasteiger partial charge in [-0.15, -0.1) is 0 Å². The van der Waals surface area contributed by atoms with Crippen LogP contribution in [0.4, 0.5) is 5.69 Å². The smallest absolute Gasteiger partial charge is 0.231 e. The second-order valence-corrected chi connectivity index (χ2v) is 6.68. The lowest BCUT2D eigenvalue weighted by molar-refractivity contribution is -0.116. The number of carbonyl (C=O) groups is 1. The van der Waals surface area contributed by atoms with E-state index >= 15 is 0 Å². The average molecular weight is 390 g/mol. The van der Waals surface area contributed by atoms with Crippen molar-refractivity contribution in [2.24, 2.45) is 0 Å². The number of amides is 1. The van der Waals surface area contributed by atoms with Gasteiger partial charge in [0, 0.05) is 28.6 Å². The Morgan fingerprint density at radius 1 is 0.875 bits per heavy atom. The number of fused-ring (bicyclic) bond motifs is 3. The summed E-state index contributed by atoms with van der Waals surface area (Å²) < 4.78 is 22.7. The fraction of sp³-hybridized carbons (Fsp3) is 0.235. The van der Waals surface area contributed by atoms with E-state index in [4.69, 9.17) is 18.9 Å². The molecule has 0 bridgehead atoms. The highest BCUT2D eigenvalue weighted by Gasteiger charge is 2.32. The van der Waals surface area contributed by atoms with E-state index in [-0.39, 0.29) is 25.4 Å². The highest BCUT2D eigenvalue weighted by atomic mass is 79.9. The summed E-state index contributed by atoms with van der Waals surface area (Å²) in [5.41, 5.74) is 2.73. The van der Waals surface area contributed by atoms with Crippen molar-refractivity contribution in [2.75, 3.05) is 18.9 Å². The summed E-state index contributed by atoms with van der Waals surface area (Å²) >= 11 is 3.60. The molecule has 3 aliphatic rings. The summed E-state index contributed by atoms with van der Waals surface area (Å²) in [6.07, 6.45) is 0.352. The maximum Gasteiger partial charge on any atom is 0.231 e. The lowest BCUT2D eigenvalue weighted by atomic mass is 9.84. The molecular weight excluding hydrogens is 378 g/mol. The topological polar surface area (TPSA) is 66.0 Å². The van der Waals surface area contributed by atoms with Crippen LogP contribution in [-0.4, -0.2) is 19.5 Å². The summed E-state index contributed by atoms with van der Waals surface area (Å²) in [5.74, 6) is 2.62. The van der Waals surface area contributed by atoms with E-state index in [0.717, 1.165) is 21.3 Å². The SMILES string of the molecule is O=C1C[C@@H](c2cc3c(cc2Br)OCO3)c2cc3c(cc2N1)OCO3.